The van der Waals surface area contributed by atoms with Crippen LogP contribution in [-0.4, -0.2) is 47.3 Å². The number of hydrogen-bond donors (Lipinski definition) is 1. The Balaban J connectivity index is 1.32. The monoisotopic (exact) mass is 391 g/mol. The lowest BCUT2D eigenvalue weighted by atomic mass is 9.77. The van der Waals surface area contributed by atoms with E-state index in [0.717, 1.165) is 30.5 Å². The summed E-state index contributed by atoms with van der Waals surface area (Å²) >= 11 is 0. The Labute approximate surface area is 172 Å². The van der Waals surface area contributed by atoms with E-state index >= 15 is 0 Å². The summed E-state index contributed by atoms with van der Waals surface area (Å²) in [6.45, 7) is 2.84. The maximum Gasteiger partial charge on any atom is 0.239 e. The molecule has 2 aliphatic heterocycles. The van der Waals surface area contributed by atoms with Crippen LogP contribution in [0.3, 0.4) is 0 Å². The standard InChI is InChI=1S/C24H29N3O2/c25-21(15-19-7-3-1-4-8-19)23(29)26-13-11-24(12-14-26)16-22(28)27(18-24)17-20-9-5-2-6-10-20/h1-10,21H,11-18,25H2/t21-/m0/s1. The molecule has 0 bridgehead atoms. The fourth-order valence-corrected chi connectivity index (χ4v) is 4.66. The second-order valence-corrected chi connectivity index (χ2v) is 8.53. The highest BCUT2D eigenvalue weighted by atomic mass is 16.2. The van der Waals surface area contributed by atoms with Gasteiger partial charge in [0.15, 0.2) is 0 Å². The second-order valence-electron chi connectivity index (χ2n) is 8.53. The molecule has 5 nitrogen and oxygen atoms in total. The number of nitrogens with two attached hydrogens (primary N) is 1. The molecule has 2 aliphatic rings. The van der Waals surface area contributed by atoms with Gasteiger partial charge in [-0.05, 0) is 30.4 Å². The maximum absolute atomic E-state index is 12.8. The zero-order valence-electron chi connectivity index (χ0n) is 16.8. The molecule has 4 rings (SSSR count). The molecule has 0 unspecified atom stereocenters. The molecule has 2 N–H and O–H groups in total. The van der Waals surface area contributed by atoms with Crippen LogP contribution in [0.2, 0.25) is 0 Å². The SMILES string of the molecule is N[C@@H](Cc1ccccc1)C(=O)N1CCC2(CC1)CC(=O)N(Cc1ccccc1)C2. The van der Waals surface area contributed by atoms with Crippen LogP contribution in [-0.2, 0) is 22.6 Å². The van der Waals surface area contributed by atoms with E-state index in [1.807, 2.05) is 58.3 Å². The highest BCUT2D eigenvalue weighted by Gasteiger charge is 2.45. The number of benzene rings is 2. The first-order valence-corrected chi connectivity index (χ1v) is 10.4. The van der Waals surface area contributed by atoms with Gasteiger partial charge < -0.3 is 15.5 Å². The zero-order valence-corrected chi connectivity index (χ0v) is 16.8. The quantitative estimate of drug-likeness (QED) is 0.852. The molecule has 152 valence electrons. The number of likely N-dealkylation sites (tertiary alicyclic amines) is 2. The Bertz CT molecular complexity index is 845. The average Bonchev–Trinajstić information content (AvgIpc) is 3.04. The molecule has 0 aliphatic carbocycles. The summed E-state index contributed by atoms with van der Waals surface area (Å²) in [6, 6.07) is 19.5. The number of hydrogen-bond acceptors (Lipinski definition) is 3. The van der Waals surface area contributed by atoms with E-state index < -0.39 is 6.04 Å². The summed E-state index contributed by atoms with van der Waals surface area (Å²) in [5.41, 5.74) is 8.46. The van der Waals surface area contributed by atoms with E-state index in [9.17, 15) is 9.59 Å². The fourth-order valence-electron chi connectivity index (χ4n) is 4.66. The van der Waals surface area contributed by atoms with Gasteiger partial charge in [0.1, 0.15) is 0 Å². The molecule has 0 radical (unpaired) electrons. The lowest BCUT2D eigenvalue weighted by Crippen LogP contribution is -2.50. The van der Waals surface area contributed by atoms with Gasteiger partial charge >= 0.3 is 0 Å². The Hall–Kier alpha value is -2.66. The van der Waals surface area contributed by atoms with Gasteiger partial charge in [0.25, 0.3) is 0 Å². The van der Waals surface area contributed by atoms with Gasteiger partial charge in [0.05, 0.1) is 6.04 Å². The van der Waals surface area contributed by atoms with Crippen molar-refractivity contribution in [3.63, 3.8) is 0 Å². The normalized spacial score (nSPS) is 19.6. The number of nitrogens with zero attached hydrogens (tertiary/aromatic N) is 2. The van der Waals surface area contributed by atoms with E-state index in [4.69, 9.17) is 5.73 Å². The molecule has 2 saturated heterocycles. The van der Waals surface area contributed by atoms with Crippen LogP contribution in [0.1, 0.15) is 30.4 Å². The Morgan fingerprint density at radius 3 is 2.17 bits per heavy atom. The van der Waals surface area contributed by atoms with E-state index in [1.165, 1.54) is 0 Å². The highest BCUT2D eigenvalue weighted by Crippen LogP contribution is 2.41. The molecule has 1 atom stereocenters. The smallest absolute Gasteiger partial charge is 0.239 e. The summed E-state index contributed by atoms with van der Waals surface area (Å²) in [7, 11) is 0. The van der Waals surface area contributed by atoms with Crippen LogP contribution in [0.5, 0.6) is 0 Å². The first-order valence-electron chi connectivity index (χ1n) is 10.4. The largest absolute Gasteiger partial charge is 0.341 e. The van der Waals surface area contributed by atoms with Crippen molar-refractivity contribution in [1.29, 1.82) is 0 Å². The molecule has 29 heavy (non-hydrogen) atoms. The molecule has 2 aromatic carbocycles. The van der Waals surface area contributed by atoms with Crippen molar-refractivity contribution in [2.75, 3.05) is 19.6 Å². The van der Waals surface area contributed by atoms with Gasteiger partial charge in [-0.2, -0.15) is 0 Å². The molecule has 2 amide bonds. The predicted molar refractivity (Wildman–Crippen MR) is 113 cm³/mol. The highest BCUT2D eigenvalue weighted by molar-refractivity contribution is 5.82. The third-order valence-corrected chi connectivity index (χ3v) is 6.37. The van der Waals surface area contributed by atoms with E-state index in [2.05, 4.69) is 12.1 Å². The molecule has 2 aromatic rings. The van der Waals surface area contributed by atoms with Crippen molar-refractivity contribution in [1.82, 2.24) is 9.80 Å². The third kappa shape index (κ3) is 4.51. The van der Waals surface area contributed by atoms with Crippen molar-refractivity contribution in [3.05, 3.63) is 71.8 Å². The molecule has 0 aromatic heterocycles. The van der Waals surface area contributed by atoms with Crippen molar-refractivity contribution in [3.8, 4) is 0 Å². The summed E-state index contributed by atoms with van der Waals surface area (Å²) in [5, 5.41) is 0. The van der Waals surface area contributed by atoms with Crippen molar-refractivity contribution in [2.45, 2.75) is 38.3 Å². The minimum atomic E-state index is -0.508. The van der Waals surface area contributed by atoms with Gasteiger partial charge in [0, 0.05) is 38.0 Å². The van der Waals surface area contributed by atoms with Gasteiger partial charge in [-0.1, -0.05) is 60.7 Å². The van der Waals surface area contributed by atoms with Crippen LogP contribution in [0.4, 0.5) is 0 Å². The maximum atomic E-state index is 12.8. The van der Waals surface area contributed by atoms with E-state index in [-0.39, 0.29) is 17.2 Å². The number of carbonyl (C=O) groups excluding carboxylic acids is 2. The lowest BCUT2D eigenvalue weighted by Gasteiger charge is -2.39. The molecule has 5 heteroatoms. The number of amides is 2. The molecule has 0 saturated carbocycles. The van der Waals surface area contributed by atoms with Crippen LogP contribution < -0.4 is 5.73 Å². The molecular formula is C24H29N3O2. The summed E-state index contributed by atoms with van der Waals surface area (Å²) in [4.78, 5) is 29.3. The fraction of sp³-hybridized carbons (Fsp3) is 0.417. The first kappa shape index (κ1) is 19.6. The van der Waals surface area contributed by atoms with Crippen LogP contribution in [0.25, 0.3) is 0 Å². The van der Waals surface area contributed by atoms with Crippen LogP contribution in [0.15, 0.2) is 60.7 Å². The lowest BCUT2D eigenvalue weighted by molar-refractivity contribution is -0.134. The Morgan fingerprint density at radius 1 is 0.966 bits per heavy atom. The second kappa shape index (κ2) is 8.37. The van der Waals surface area contributed by atoms with Gasteiger partial charge in [-0.3, -0.25) is 9.59 Å². The summed E-state index contributed by atoms with van der Waals surface area (Å²) in [5.74, 6) is 0.253. The van der Waals surface area contributed by atoms with Crippen molar-refractivity contribution in [2.24, 2.45) is 11.1 Å². The number of rotatable bonds is 5. The first-order chi connectivity index (χ1) is 14.0. The number of piperidine rings is 1. The van der Waals surface area contributed by atoms with Gasteiger partial charge in [-0.15, -0.1) is 0 Å². The van der Waals surface area contributed by atoms with E-state index in [0.29, 0.717) is 32.5 Å². The molecule has 1 spiro atoms. The Morgan fingerprint density at radius 2 is 1.55 bits per heavy atom. The third-order valence-electron chi connectivity index (χ3n) is 6.37. The molecule has 2 heterocycles. The number of carbonyl (C=O) groups is 2. The van der Waals surface area contributed by atoms with Gasteiger partial charge in [0.2, 0.25) is 11.8 Å². The Kier molecular flexibility index (Phi) is 5.67. The zero-order chi connectivity index (χ0) is 20.3. The van der Waals surface area contributed by atoms with Gasteiger partial charge in [-0.25, -0.2) is 0 Å². The average molecular weight is 392 g/mol. The molecular weight excluding hydrogens is 362 g/mol. The summed E-state index contributed by atoms with van der Waals surface area (Å²) < 4.78 is 0. The van der Waals surface area contributed by atoms with E-state index in [1.54, 1.807) is 0 Å². The van der Waals surface area contributed by atoms with Crippen molar-refractivity contribution >= 4 is 11.8 Å². The van der Waals surface area contributed by atoms with Crippen molar-refractivity contribution < 1.29 is 9.59 Å². The summed E-state index contributed by atoms with van der Waals surface area (Å²) in [6.07, 6.45) is 2.89. The predicted octanol–water partition coefficient (Wildman–Crippen LogP) is 2.60. The molecule has 2 fully saturated rings. The minimum Gasteiger partial charge on any atom is -0.341 e. The minimum absolute atomic E-state index is 0.00612. The topological polar surface area (TPSA) is 66.6 Å². The van der Waals surface area contributed by atoms with Crippen LogP contribution >= 0.6 is 0 Å². The van der Waals surface area contributed by atoms with Crippen LogP contribution in [0, 0.1) is 5.41 Å².